The lowest BCUT2D eigenvalue weighted by molar-refractivity contribution is -0.384. The van der Waals surface area contributed by atoms with Gasteiger partial charge in [-0.25, -0.2) is 18.1 Å². The van der Waals surface area contributed by atoms with Crippen molar-refractivity contribution in [2.24, 2.45) is 5.84 Å². The predicted molar refractivity (Wildman–Crippen MR) is 77.0 cm³/mol. The maximum atomic E-state index is 12.1. The monoisotopic (exact) mass is 329 g/mol. The van der Waals surface area contributed by atoms with E-state index in [0.717, 1.165) is 6.07 Å². The van der Waals surface area contributed by atoms with Crippen molar-refractivity contribution in [3.05, 3.63) is 44.9 Å². The largest absolute Gasteiger partial charge is 0.318 e. The predicted octanol–water partition coefficient (Wildman–Crippen LogP) is 0.815. The lowest BCUT2D eigenvalue weighted by atomic mass is 10.3. The van der Waals surface area contributed by atoms with Gasteiger partial charge in [-0.1, -0.05) is 0 Å². The van der Waals surface area contributed by atoms with Crippen molar-refractivity contribution in [1.82, 2.24) is 9.71 Å². The summed E-state index contributed by atoms with van der Waals surface area (Å²) in [4.78, 5) is 13.9. The molecular weight excluding hydrogens is 318 g/mol. The van der Waals surface area contributed by atoms with Gasteiger partial charge in [0.05, 0.1) is 16.4 Å². The molecule has 0 aliphatic carbocycles. The van der Waals surface area contributed by atoms with Gasteiger partial charge in [-0.05, 0) is 12.1 Å². The second kappa shape index (κ2) is 6.13. The van der Waals surface area contributed by atoms with Crippen molar-refractivity contribution in [3.63, 3.8) is 0 Å². The lowest BCUT2D eigenvalue weighted by Gasteiger charge is -2.07. The van der Waals surface area contributed by atoms with E-state index in [2.05, 4.69) is 15.1 Å². The molecule has 0 saturated heterocycles. The molecule has 0 amide bonds. The Morgan fingerprint density at radius 2 is 2.19 bits per heavy atom. The molecule has 0 radical (unpaired) electrons. The number of anilines is 1. The Bertz CT molecular complexity index is 745. The number of sulfonamides is 1. The second-order valence-electron chi connectivity index (χ2n) is 3.83. The average molecular weight is 329 g/mol. The highest BCUT2D eigenvalue weighted by Crippen LogP contribution is 2.26. The summed E-state index contributed by atoms with van der Waals surface area (Å²) < 4.78 is 26.5. The summed E-state index contributed by atoms with van der Waals surface area (Å²) >= 11 is 1.30. The lowest BCUT2D eigenvalue weighted by Crippen LogP contribution is -2.23. The van der Waals surface area contributed by atoms with Crippen molar-refractivity contribution in [2.45, 2.75) is 11.4 Å². The highest BCUT2D eigenvalue weighted by molar-refractivity contribution is 7.89. The van der Waals surface area contributed by atoms with E-state index in [4.69, 9.17) is 5.84 Å². The fourth-order valence-corrected chi connectivity index (χ4v) is 3.19. The molecule has 0 fully saturated rings. The molecule has 0 bridgehead atoms. The van der Waals surface area contributed by atoms with Gasteiger partial charge in [-0.2, -0.15) is 0 Å². The number of nitrogens with one attached hydrogen (secondary N) is 2. The Balaban J connectivity index is 2.27. The number of thiazole rings is 1. The molecule has 0 unspecified atom stereocenters. The number of nitro benzene ring substituents is 1. The molecule has 1 aromatic heterocycles. The van der Waals surface area contributed by atoms with Crippen LogP contribution in [0.15, 0.2) is 34.7 Å². The van der Waals surface area contributed by atoms with E-state index >= 15 is 0 Å². The molecular formula is C10H11N5O4S2. The molecule has 4 N–H and O–H groups in total. The van der Waals surface area contributed by atoms with Gasteiger partial charge in [0.1, 0.15) is 10.7 Å². The first-order valence-electron chi connectivity index (χ1n) is 5.57. The number of nitrogens with zero attached hydrogens (tertiary/aromatic N) is 2. The molecule has 1 heterocycles. The number of nitrogens with two attached hydrogens (primary N) is 1. The maximum Gasteiger partial charge on any atom is 0.294 e. The highest BCUT2D eigenvalue weighted by Gasteiger charge is 2.21. The minimum Gasteiger partial charge on any atom is -0.318 e. The fraction of sp³-hybridized carbons (Fsp3) is 0.100. The molecule has 1 aromatic carbocycles. The number of hydrogen-bond donors (Lipinski definition) is 3. The van der Waals surface area contributed by atoms with Gasteiger partial charge in [0, 0.05) is 17.6 Å². The van der Waals surface area contributed by atoms with Crippen molar-refractivity contribution in [2.75, 3.05) is 5.43 Å². The van der Waals surface area contributed by atoms with Gasteiger partial charge in [0.25, 0.3) is 5.69 Å². The van der Waals surface area contributed by atoms with Crippen molar-refractivity contribution >= 4 is 32.7 Å². The van der Waals surface area contributed by atoms with Crippen molar-refractivity contribution in [1.29, 1.82) is 0 Å². The average Bonchev–Trinajstić information content (AvgIpc) is 2.97. The number of nitro groups is 1. The molecule has 2 aromatic rings. The Kier molecular flexibility index (Phi) is 4.47. The minimum absolute atomic E-state index is 0.0185. The van der Waals surface area contributed by atoms with Crippen LogP contribution in [0.3, 0.4) is 0 Å². The zero-order chi connectivity index (χ0) is 15.5. The topological polar surface area (TPSA) is 140 Å². The van der Waals surface area contributed by atoms with Gasteiger partial charge in [-0.3, -0.25) is 16.0 Å². The molecule has 0 spiro atoms. The van der Waals surface area contributed by atoms with Crippen LogP contribution < -0.4 is 16.0 Å². The van der Waals surface area contributed by atoms with E-state index in [1.165, 1.54) is 23.5 Å². The van der Waals surface area contributed by atoms with Crippen LogP contribution >= 0.6 is 11.3 Å². The first kappa shape index (κ1) is 15.3. The minimum atomic E-state index is -3.87. The van der Waals surface area contributed by atoms with E-state index in [-0.39, 0.29) is 17.1 Å². The van der Waals surface area contributed by atoms with E-state index in [1.54, 1.807) is 11.6 Å². The quantitative estimate of drug-likeness (QED) is 0.404. The van der Waals surface area contributed by atoms with Crippen LogP contribution in [0.5, 0.6) is 0 Å². The zero-order valence-electron chi connectivity index (χ0n) is 10.5. The Labute approximate surface area is 124 Å². The molecule has 2 rings (SSSR count). The Hall–Kier alpha value is -2.08. The third-order valence-electron chi connectivity index (χ3n) is 2.53. The summed E-state index contributed by atoms with van der Waals surface area (Å²) in [6.45, 7) is 0.0185. The smallest absolute Gasteiger partial charge is 0.294 e. The van der Waals surface area contributed by atoms with E-state index in [9.17, 15) is 18.5 Å². The van der Waals surface area contributed by atoms with Crippen LogP contribution in [0.25, 0.3) is 0 Å². The maximum absolute atomic E-state index is 12.1. The highest BCUT2D eigenvalue weighted by atomic mass is 32.2. The molecule has 21 heavy (non-hydrogen) atoms. The molecule has 112 valence electrons. The zero-order valence-corrected chi connectivity index (χ0v) is 12.1. The third kappa shape index (κ3) is 3.52. The summed E-state index contributed by atoms with van der Waals surface area (Å²) in [7, 11) is -3.87. The summed E-state index contributed by atoms with van der Waals surface area (Å²) in [6.07, 6.45) is 1.56. The molecule has 0 atom stereocenters. The Morgan fingerprint density at radius 3 is 2.76 bits per heavy atom. The summed E-state index contributed by atoms with van der Waals surface area (Å²) in [5.41, 5.74) is 1.75. The van der Waals surface area contributed by atoms with Crippen molar-refractivity contribution < 1.29 is 13.3 Å². The fourth-order valence-electron chi connectivity index (χ4n) is 1.53. The summed E-state index contributed by atoms with van der Waals surface area (Å²) in [5.74, 6) is 5.14. The number of hydrazine groups is 1. The van der Waals surface area contributed by atoms with Gasteiger partial charge in [0.2, 0.25) is 10.0 Å². The van der Waals surface area contributed by atoms with Gasteiger partial charge in [0.15, 0.2) is 0 Å². The number of rotatable bonds is 6. The summed E-state index contributed by atoms with van der Waals surface area (Å²) in [6, 6.07) is 3.40. The van der Waals surface area contributed by atoms with E-state index in [0.29, 0.717) is 5.01 Å². The molecule has 9 nitrogen and oxygen atoms in total. The van der Waals surface area contributed by atoms with Crippen LogP contribution in [-0.2, 0) is 16.6 Å². The number of aromatic nitrogens is 1. The van der Waals surface area contributed by atoms with Crippen LogP contribution in [-0.4, -0.2) is 18.3 Å². The number of nitrogen functional groups attached to an aromatic ring is 1. The van der Waals surface area contributed by atoms with Crippen LogP contribution in [0, 0.1) is 10.1 Å². The second-order valence-corrected chi connectivity index (χ2v) is 6.58. The molecule has 0 aliphatic heterocycles. The van der Waals surface area contributed by atoms with E-state index in [1.807, 2.05) is 0 Å². The van der Waals surface area contributed by atoms with Gasteiger partial charge >= 0.3 is 0 Å². The SMILES string of the molecule is NNc1ccc(S(=O)(=O)NCc2nccs2)cc1[N+](=O)[O-]. The van der Waals surface area contributed by atoms with Crippen LogP contribution in [0.4, 0.5) is 11.4 Å². The standard InChI is InChI=1S/C10H11N5O4S2/c11-14-8-2-1-7(5-9(8)15(16)17)21(18,19)13-6-10-12-3-4-20-10/h1-5,13-14H,6,11H2. The first-order valence-corrected chi connectivity index (χ1v) is 7.93. The van der Waals surface area contributed by atoms with E-state index < -0.39 is 20.6 Å². The van der Waals surface area contributed by atoms with Gasteiger partial charge < -0.3 is 5.43 Å². The molecule has 11 heteroatoms. The molecule has 0 saturated carbocycles. The number of hydrogen-bond acceptors (Lipinski definition) is 8. The molecule has 0 aliphatic rings. The third-order valence-corrected chi connectivity index (χ3v) is 4.71. The van der Waals surface area contributed by atoms with Crippen LogP contribution in [0.2, 0.25) is 0 Å². The van der Waals surface area contributed by atoms with Crippen LogP contribution in [0.1, 0.15) is 5.01 Å². The Morgan fingerprint density at radius 1 is 1.43 bits per heavy atom. The van der Waals surface area contributed by atoms with Gasteiger partial charge in [-0.15, -0.1) is 11.3 Å². The first-order chi connectivity index (χ1) is 9.94. The number of benzene rings is 1. The normalized spacial score (nSPS) is 11.3. The summed E-state index contributed by atoms with van der Waals surface area (Å²) in [5, 5.41) is 13.2. The van der Waals surface area contributed by atoms with Crippen molar-refractivity contribution in [3.8, 4) is 0 Å².